The van der Waals surface area contributed by atoms with E-state index >= 15 is 0 Å². The van der Waals surface area contributed by atoms with Crippen LogP contribution in [0, 0.1) is 6.92 Å². The predicted octanol–water partition coefficient (Wildman–Crippen LogP) is 7.16. The third-order valence-electron chi connectivity index (χ3n) is 4.66. The second kappa shape index (κ2) is 12.6. The molecule has 0 amide bonds. The van der Waals surface area contributed by atoms with E-state index in [4.69, 9.17) is 14.2 Å². The molecule has 2 aromatic carbocycles. The molecular formula is C27H34O4. The van der Waals surface area contributed by atoms with Gasteiger partial charge in [-0.25, -0.2) is 0 Å². The van der Waals surface area contributed by atoms with Crippen molar-refractivity contribution in [3.05, 3.63) is 71.5 Å². The van der Waals surface area contributed by atoms with E-state index in [0.29, 0.717) is 30.3 Å². The first-order valence-corrected chi connectivity index (χ1v) is 11.0. The first-order valence-electron chi connectivity index (χ1n) is 11.0. The van der Waals surface area contributed by atoms with Crippen LogP contribution < -0.4 is 14.2 Å². The van der Waals surface area contributed by atoms with Crippen molar-refractivity contribution >= 4 is 11.9 Å². The zero-order valence-electron chi connectivity index (χ0n) is 19.2. The average Bonchev–Trinajstić information content (AvgIpc) is 2.74. The Labute approximate surface area is 186 Å². The van der Waals surface area contributed by atoms with Crippen molar-refractivity contribution in [2.75, 3.05) is 13.2 Å². The molecule has 0 aliphatic heterocycles. The fourth-order valence-corrected chi connectivity index (χ4v) is 2.91. The van der Waals surface area contributed by atoms with E-state index in [0.717, 1.165) is 48.3 Å². The predicted molar refractivity (Wildman–Crippen MR) is 127 cm³/mol. The van der Waals surface area contributed by atoms with E-state index in [1.165, 1.54) is 0 Å². The molecule has 0 radical (unpaired) electrons. The van der Waals surface area contributed by atoms with Gasteiger partial charge in [-0.3, -0.25) is 4.79 Å². The van der Waals surface area contributed by atoms with Crippen molar-refractivity contribution in [1.29, 1.82) is 0 Å². The molecule has 31 heavy (non-hydrogen) atoms. The Morgan fingerprint density at radius 2 is 1.58 bits per heavy atom. The van der Waals surface area contributed by atoms with E-state index < -0.39 is 0 Å². The number of rotatable bonds is 13. The number of carbonyl (C=O) groups excluding carboxylic acids is 1. The zero-order chi connectivity index (χ0) is 22.6. The summed E-state index contributed by atoms with van der Waals surface area (Å²) >= 11 is 0. The highest BCUT2D eigenvalue weighted by Crippen LogP contribution is 2.30. The number of allylic oxidation sites excluding steroid dienone is 2. The van der Waals surface area contributed by atoms with Gasteiger partial charge in [-0.1, -0.05) is 33.3 Å². The van der Waals surface area contributed by atoms with E-state index in [-0.39, 0.29) is 5.78 Å². The second-order valence-corrected chi connectivity index (χ2v) is 7.59. The minimum atomic E-state index is -0.0812. The number of carbonyl (C=O) groups is 1. The Hall–Kier alpha value is -3.01. The third kappa shape index (κ3) is 7.97. The van der Waals surface area contributed by atoms with E-state index in [9.17, 15) is 4.79 Å². The van der Waals surface area contributed by atoms with Gasteiger partial charge < -0.3 is 14.2 Å². The molecule has 166 valence electrons. The Morgan fingerprint density at radius 3 is 2.16 bits per heavy atom. The monoisotopic (exact) mass is 422 g/mol. The smallest absolute Gasteiger partial charge is 0.185 e. The minimum Gasteiger partial charge on any atom is -0.493 e. The maximum atomic E-state index is 12.6. The van der Waals surface area contributed by atoms with Gasteiger partial charge in [0.25, 0.3) is 0 Å². The van der Waals surface area contributed by atoms with Crippen LogP contribution in [0.15, 0.2) is 54.8 Å². The summed E-state index contributed by atoms with van der Waals surface area (Å²) in [5, 5.41) is 0. The van der Waals surface area contributed by atoms with Crippen molar-refractivity contribution in [1.82, 2.24) is 0 Å². The summed E-state index contributed by atoms with van der Waals surface area (Å²) in [6, 6.07) is 11.0. The van der Waals surface area contributed by atoms with Crippen molar-refractivity contribution < 1.29 is 19.0 Å². The quantitative estimate of drug-likeness (QED) is 0.149. The summed E-state index contributed by atoms with van der Waals surface area (Å²) in [4.78, 5) is 12.6. The molecule has 0 fully saturated rings. The normalized spacial score (nSPS) is 10.8. The van der Waals surface area contributed by atoms with E-state index in [2.05, 4.69) is 20.4 Å². The number of hydrogen-bond acceptors (Lipinski definition) is 4. The molecule has 0 aromatic heterocycles. The van der Waals surface area contributed by atoms with Gasteiger partial charge in [-0.05, 0) is 74.7 Å². The van der Waals surface area contributed by atoms with Crippen molar-refractivity contribution in [3.8, 4) is 17.2 Å². The summed E-state index contributed by atoms with van der Waals surface area (Å²) in [5.74, 6) is 2.75. The molecular weight excluding hydrogens is 388 g/mol. The highest BCUT2D eigenvalue weighted by atomic mass is 16.5. The topological polar surface area (TPSA) is 44.8 Å². The maximum absolute atomic E-state index is 12.6. The lowest BCUT2D eigenvalue weighted by Gasteiger charge is -2.14. The van der Waals surface area contributed by atoms with Gasteiger partial charge in [-0.2, -0.15) is 0 Å². The van der Waals surface area contributed by atoms with Crippen molar-refractivity contribution in [2.45, 2.75) is 53.4 Å². The number of ether oxygens (including phenoxy) is 3. The van der Waals surface area contributed by atoms with Crippen LogP contribution in [-0.2, 0) is 0 Å². The summed E-state index contributed by atoms with van der Waals surface area (Å²) < 4.78 is 17.4. The lowest BCUT2D eigenvalue weighted by molar-refractivity contribution is 0.104. The summed E-state index contributed by atoms with van der Waals surface area (Å²) in [6.07, 6.45) is 7.51. The van der Waals surface area contributed by atoms with Crippen LogP contribution in [-0.4, -0.2) is 19.0 Å². The summed E-state index contributed by atoms with van der Waals surface area (Å²) in [5.41, 5.74) is 2.48. The molecule has 0 atom stereocenters. The molecule has 0 unspecified atom stereocenters. The summed E-state index contributed by atoms with van der Waals surface area (Å²) in [7, 11) is 0. The fraction of sp³-hybridized carbons (Fsp3) is 0.370. The highest BCUT2D eigenvalue weighted by Gasteiger charge is 2.10. The van der Waals surface area contributed by atoms with Crippen LogP contribution in [0.5, 0.6) is 17.2 Å². The van der Waals surface area contributed by atoms with Crippen LogP contribution in [0.2, 0.25) is 0 Å². The summed E-state index contributed by atoms with van der Waals surface area (Å²) in [6.45, 7) is 13.1. The van der Waals surface area contributed by atoms with E-state index in [1.54, 1.807) is 37.3 Å². The van der Waals surface area contributed by atoms with Crippen molar-refractivity contribution in [2.24, 2.45) is 0 Å². The van der Waals surface area contributed by atoms with Gasteiger partial charge in [0.2, 0.25) is 0 Å². The molecule has 2 rings (SSSR count). The molecule has 2 aromatic rings. The lowest BCUT2D eigenvalue weighted by atomic mass is 10.1. The maximum Gasteiger partial charge on any atom is 0.185 e. The Bertz CT molecular complexity index is 894. The molecule has 4 nitrogen and oxygen atoms in total. The molecule has 0 aliphatic rings. The molecule has 0 N–H and O–H groups in total. The number of aryl methyl sites for hydroxylation is 1. The number of benzene rings is 2. The fourth-order valence-electron chi connectivity index (χ4n) is 2.91. The van der Waals surface area contributed by atoms with Gasteiger partial charge in [-0.15, -0.1) is 0 Å². The molecule has 0 bridgehead atoms. The third-order valence-corrected chi connectivity index (χ3v) is 4.66. The van der Waals surface area contributed by atoms with Crippen molar-refractivity contribution in [3.63, 3.8) is 0 Å². The average molecular weight is 423 g/mol. The van der Waals surface area contributed by atoms with Gasteiger partial charge in [0.05, 0.1) is 19.0 Å². The Morgan fingerprint density at radius 1 is 0.968 bits per heavy atom. The largest absolute Gasteiger partial charge is 0.493 e. The van der Waals surface area contributed by atoms with Crippen LogP contribution in [0.3, 0.4) is 0 Å². The molecule has 0 spiro atoms. The molecule has 0 aliphatic carbocycles. The standard InChI is InChI=1S/C27H34O4/c1-6-8-16-29-26-19-27(30-17-9-7-2)23(18-21(26)5)12-15-25(28)22-10-13-24(14-11-22)31-20(3)4/h10-15,18-19H,3,6-9,16-17H2,1-2,4-5H3. The number of hydrogen-bond donors (Lipinski definition) is 0. The van der Waals surface area contributed by atoms with Gasteiger partial charge in [0.15, 0.2) is 5.78 Å². The van der Waals surface area contributed by atoms with Gasteiger partial charge in [0, 0.05) is 17.2 Å². The molecule has 0 saturated heterocycles. The first kappa shape index (κ1) is 24.3. The van der Waals surface area contributed by atoms with Crippen LogP contribution in [0.1, 0.15) is 67.9 Å². The van der Waals surface area contributed by atoms with E-state index in [1.807, 2.05) is 25.1 Å². The second-order valence-electron chi connectivity index (χ2n) is 7.59. The highest BCUT2D eigenvalue weighted by molar-refractivity contribution is 6.07. The Balaban J connectivity index is 2.19. The van der Waals surface area contributed by atoms with Crippen LogP contribution in [0.4, 0.5) is 0 Å². The number of unbranched alkanes of at least 4 members (excludes halogenated alkanes) is 2. The molecule has 4 heteroatoms. The van der Waals surface area contributed by atoms with Crippen LogP contribution in [0.25, 0.3) is 6.08 Å². The first-order chi connectivity index (χ1) is 14.9. The number of ketones is 1. The van der Waals surface area contributed by atoms with Crippen LogP contribution >= 0.6 is 0 Å². The lowest BCUT2D eigenvalue weighted by Crippen LogP contribution is -2.02. The van der Waals surface area contributed by atoms with Gasteiger partial charge >= 0.3 is 0 Å². The zero-order valence-corrected chi connectivity index (χ0v) is 19.2. The SMILES string of the molecule is C=C(C)Oc1ccc(C(=O)C=Cc2cc(C)c(OCCCC)cc2OCCCC)cc1. The molecule has 0 heterocycles. The molecule has 0 saturated carbocycles. The van der Waals surface area contributed by atoms with Gasteiger partial charge in [0.1, 0.15) is 17.2 Å². The Kier molecular flexibility index (Phi) is 9.89. The minimum absolute atomic E-state index is 0.0812.